The van der Waals surface area contributed by atoms with Crippen molar-refractivity contribution in [2.24, 2.45) is 0 Å². The van der Waals surface area contributed by atoms with E-state index in [1.165, 1.54) is 31.0 Å². The van der Waals surface area contributed by atoms with E-state index in [4.69, 9.17) is 12.2 Å². The Labute approximate surface area is 195 Å². The van der Waals surface area contributed by atoms with Crippen molar-refractivity contribution in [1.82, 2.24) is 4.90 Å². The van der Waals surface area contributed by atoms with Crippen molar-refractivity contribution in [3.63, 3.8) is 0 Å². The summed E-state index contributed by atoms with van der Waals surface area (Å²) >= 11 is 8.25. The number of carbonyl (C=O) groups is 1. The standard InChI is InChI=1S/C23H22N2O3S3/c26-22-21(31-23(29)24(22)15-16-7-3-1-4-8-16)14-17-11-12-20(19(13-17)25(27)28)30-18-9-5-2-6-10-18/h1,3-4,7-8,11-14,18H,2,5-6,9-10,15H2/b21-14+. The van der Waals surface area contributed by atoms with E-state index < -0.39 is 0 Å². The van der Waals surface area contributed by atoms with Gasteiger partial charge in [-0.25, -0.2) is 0 Å². The largest absolute Gasteiger partial charge is 0.288 e. The Hall–Kier alpha value is -2.16. The van der Waals surface area contributed by atoms with Crippen molar-refractivity contribution in [2.75, 3.05) is 0 Å². The topological polar surface area (TPSA) is 63.4 Å². The molecule has 1 saturated carbocycles. The lowest BCUT2D eigenvalue weighted by atomic mass is 10.0. The third-order valence-electron chi connectivity index (χ3n) is 5.38. The maximum absolute atomic E-state index is 12.9. The fourth-order valence-electron chi connectivity index (χ4n) is 3.78. The van der Waals surface area contributed by atoms with Gasteiger partial charge in [0.1, 0.15) is 4.32 Å². The van der Waals surface area contributed by atoms with Gasteiger partial charge in [-0.05, 0) is 36.1 Å². The molecule has 1 amide bonds. The van der Waals surface area contributed by atoms with Crippen LogP contribution in [-0.4, -0.2) is 25.3 Å². The molecular formula is C23H22N2O3S3. The third kappa shape index (κ3) is 5.37. The van der Waals surface area contributed by atoms with E-state index in [9.17, 15) is 14.9 Å². The van der Waals surface area contributed by atoms with E-state index >= 15 is 0 Å². The number of hydrogen-bond acceptors (Lipinski definition) is 6. The molecule has 5 nitrogen and oxygen atoms in total. The van der Waals surface area contributed by atoms with Crippen LogP contribution in [0.3, 0.4) is 0 Å². The Kier molecular flexibility index (Phi) is 7.09. The number of amides is 1. The van der Waals surface area contributed by atoms with Crippen molar-refractivity contribution >= 4 is 57.7 Å². The molecule has 0 atom stereocenters. The zero-order chi connectivity index (χ0) is 21.8. The molecule has 2 fully saturated rings. The van der Waals surface area contributed by atoms with Crippen molar-refractivity contribution in [1.29, 1.82) is 0 Å². The smallest absolute Gasteiger partial charge is 0.283 e. The summed E-state index contributed by atoms with van der Waals surface area (Å²) in [4.78, 5) is 27.0. The summed E-state index contributed by atoms with van der Waals surface area (Å²) in [6, 6.07) is 14.9. The first-order valence-corrected chi connectivity index (χ1v) is 12.4. The Morgan fingerprint density at radius 1 is 1.16 bits per heavy atom. The second kappa shape index (κ2) is 9.97. The minimum atomic E-state index is -0.330. The molecule has 1 saturated heterocycles. The highest BCUT2D eigenvalue weighted by atomic mass is 32.2. The zero-order valence-corrected chi connectivity index (χ0v) is 19.3. The molecule has 1 aliphatic carbocycles. The van der Waals surface area contributed by atoms with E-state index in [0.717, 1.165) is 18.4 Å². The van der Waals surface area contributed by atoms with Crippen LogP contribution in [0, 0.1) is 10.1 Å². The normalized spacial score (nSPS) is 18.7. The van der Waals surface area contributed by atoms with E-state index in [1.54, 1.807) is 28.8 Å². The van der Waals surface area contributed by atoms with Gasteiger partial charge in [0.15, 0.2) is 0 Å². The molecule has 0 spiro atoms. The highest BCUT2D eigenvalue weighted by Gasteiger charge is 2.32. The maximum Gasteiger partial charge on any atom is 0.283 e. The Morgan fingerprint density at radius 2 is 1.90 bits per heavy atom. The van der Waals surface area contributed by atoms with Crippen LogP contribution in [0.5, 0.6) is 0 Å². The first kappa shape index (κ1) is 22.0. The molecule has 0 N–H and O–H groups in total. The Bertz CT molecular complexity index is 1030. The molecule has 0 bridgehead atoms. The molecule has 1 heterocycles. The van der Waals surface area contributed by atoms with Gasteiger partial charge in [0.05, 0.1) is 21.3 Å². The summed E-state index contributed by atoms with van der Waals surface area (Å²) in [5.74, 6) is -0.165. The fourth-order valence-corrected chi connectivity index (χ4v) is 6.37. The molecule has 0 aromatic heterocycles. The third-order valence-corrected chi connectivity index (χ3v) is 8.16. The average Bonchev–Trinajstić information content (AvgIpc) is 3.03. The molecule has 1 aliphatic heterocycles. The van der Waals surface area contributed by atoms with Crippen molar-refractivity contribution < 1.29 is 9.72 Å². The predicted octanol–water partition coefficient (Wildman–Crippen LogP) is 6.42. The predicted molar refractivity (Wildman–Crippen MR) is 131 cm³/mol. The summed E-state index contributed by atoms with van der Waals surface area (Å²) in [6.45, 7) is 0.417. The molecule has 4 rings (SSSR count). The molecule has 0 unspecified atom stereocenters. The van der Waals surface area contributed by atoms with Crippen molar-refractivity contribution in [3.05, 3.63) is 74.7 Å². The van der Waals surface area contributed by atoms with Crippen LogP contribution in [0.2, 0.25) is 0 Å². The van der Waals surface area contributed by atoms with Crippen LogP contribution in [0.15, 0.2) is 58.3 Å². The zero-order valence-electron chi connectivity index (χ0n) is 16.9. The lowest BCUT2D eigenvalue weighted by molar-refractivity contribution is -0.387. The van der Waals surface area contributed by atoms with Crippen LogP contribution in [0.25, 0.3) is 6.08 Å². The van der Waals surface area contributed by atoms with Crippen LogP contribution in [-0.2, 0) is 11.3 Å². The van der Waals surface area contributed by atoms with Gasteiger partial charge in [-0.15, -0.1) is 11.8 Å². The minimum absolute atomic E-state index is 0.101. The van der Waals surface area contributed by atoms with E-state index in [-0.39, 0.29) is 16.5 Å². The van der Waals surface area contributed by atoms with Crippen LogP contribution in [0.4, 0.5) is 5.69 Å². The van der Waals surface area contributed by atoms with Gasteiger partial charge in [-0.2, -0.15) is 0 Å². The number of nitro groups is 1. The van der Waals surface area contributed by atoms with Gasteiger partial charge in [-0.3, -0.25) is 19.8 Å². The van der Waals surface area contributed by atoms with Crippen LogP contribution < -0.4 is 0 Å². The number of thioether (sulfide) groups is 2. The SMILES string of the molecule is O=C1/C(=C\c2ccc(SC3CCCCC3)c([N+](=O)[O-])c2)SC(=S)N1Cc1ccccc1. The summed E-state index contributed by atoms with van der Waals surface area (Å²) < 4.78 is 0.499. The Morgan fingerprint density at radius 3 is 2.61 bits per heavy atom. The van der Waals surface area contributed by atoms with Gasteiger partial charge in [0.2, 0.25) is 0 Å². The van der Waals surface area contributed by atoms with E-state index in [1.807, 2.05) is 42.5 Å². The molecule has 2 aliphatic rings. The second-order valence-corrected chi connectivity index (χ2v) is 10.6. The molecule has 8 heteroatoms. The molecule has 160 valence electrons. The lowest BCUT2D eigenvalue weighted by Gasteiger charge is -2.20. The van der Waals surface area contributed by atoms with Crippen LogP contribution >= 0.6 is 35.7 Å². The van der Waals surface area contributed by atoms with E-state index in [0.29, 0.717) is 31.5 Å². The molecule has 0 radical (unpaired) electrons. The van der Waals surface area contributed by atoms with Gasteiger partial charge >= 0.3 is 0 Å². The fraction of sp³-hybridized carbons (Fsp3) is 0.304. The van der Waals surface area contributed by atoms with Gasteiger partial charge in [0, 0.05) is 11.3 Å². The quantitative estimate of drug-likeness (QED) is 0.210. The number of thiocarbonyl (C=S) groups is 1. The highest BCUT2D eigenvalue weighted by Crippen LogP contribution is 2.39. The molecule has 2 aromatic carbocycles. The van der Waals surface area contributed by atoms with E-state index in [2.05, 4.69) is 0 Å². The average molecular weight is 471 g/mol. The summed E-state index contributed by atoms with van der Waals surface area (Å²) in [7, 11) is 0. The highest BCUT2D eigenvalue weighted by molar-refractivity contribution is 8.26. The molecule has 31 heavy (non-hydrogen) atoms. The Balaban J connectivity index is 1.53. The van der Waals surface area contributed by atoms with Gasteiger partial charge in [-0.1, -0.05) is 79.6 Å². The van der Waals surface area contributed by atoms with Crippen LogP contribution in [0.1, 0.15) is 43.2 Å². The maximum atomic E-state index is 12.9. The first-order valence-electron chi connectivity index (χ1n) is 10.3. The minimum Gasteiger partial charge on any atom is -0.288 e. The first-order chi connectivity index (χ1) is 15.0. The molecule has 2 aromatic rings. The number of benzene rings is 2. The molecular weight excluding hydrogens is 448 g/mol. The summed E-state index contributed by atoms with van der Waals surface area (Å²) in [6.07, 6.45) is 7.54. The monoisotopic (exact) mass is 470 g/mol. The summed E-state index contributed by atoms with van der Waals surface area (Å²) in [5, 5.41) is 12.1. The van der Waals surface area contributed by atoms with Gasteiger partial charge in [0.25, 0.3) is 11.6 Å². The second-order valence-electron chi connectivity index (χ2n) is 7.62. The van der Waals surface area contributed by atoms with Crippen molar-refractivity contribution in [2.45, 2.75) is 48.8 Å². The lowest BCUT2D eigenvalue weighted by Crippen LogP contribution is -2.27. The number of hydrogen-bond donors (Lipinski definition) is 0. The number of carbonyl (C=O) groups excluding carboxylic acids is 1. The number of nitrogens with zero attached hydrogens (tertiary/aromatic N) is 2. The number of rotatable bonds is 6. The van der Waals surface area contributed by atoms with Crippen molar-refractivity contribution in [3.8, 4) is 0 Å². The number of nitro benzene ring substituents is 1. The van der Waals surface area contributed by atoms with Gasteiger partial charge < -0.3 is 0 Å². The summed E-state index contributed by atoms with van der Waals surface area (Å²) in [5.41, 5.74) is 1.74.